The summed E-state index contributed by atoms with van der Waals surface area (Å²) in [5.74, 6) is 2.79. The van der Waals surface area contributed by atoms with Crippen molar-refractivity contribution in [2.45, 2.75) is 6.54 Å². The predicted molar refractivity (Wildman–Crippen MR) is 130 cm³/mol. The van der Waals surface area contributed by atoms with Crippen LogP contribution < -0.4 is 25.1 Å². The molecule has 0 bridgehead atoms. The van der Waals surface area contributed by atoms with E-state index in [9.17, 15) is 4.79 Å². The lowest BCUT2D eigenvalue weighted by atomic mass is 10.1. The molecule has 3 aromatic heterocycles. The van der Waals surface area contributed by atoms with Gasteiger partial charge in [-0.3, -0.25) is 9.20 Å². The number of halogens is 1. The van der Waals surface area contributed by atoms with Crippen LogP contribution in [-0.4, -0.2) is 28.3 Å². The van der Waals surface area contributed by atoms with Gasteiger partial charge in [0.05, 0.1) is 17.7 Å². The third kappa shape index (κ3) is 3.48. The van der Waals surface area contributed by atoms with Crippen molar-refractivity contribution < 1.29 is 14.2 Å². The van der Waals surface area contributed by atoms with Crippen LogP contribution >= 0.6 is 11.6 Å². The predicted octanol–water partition coefficient (Wildman–Crippen LogP) is 4.85. The molecule has 0 aliphatic carbocycles. The summed E-state index contributed by atoms with van der Waals surface area (Å²) in [5, 5.41) is 4.83. The minimum absolute atomic E-state index is 0.220. The maximum absolute atomic E-state index is 13.1. The Bertz CT molecular complexity index is 1630. The van der Waals surface area contributed by atoms with Crippen LogP contribution in [0.4, 0.5) is 5.82 Å². The summed E-state index contributed by atoms with van der Waals surface area (Å²) in [6.07, 6.45) is 1.77. The maximum atomic E-state index is 13.1. The Morgan fingerprint density at radius 1 is 1.12 bits per heavy atom. The van der Waals surface area contributed by atoms with Crippen molar-refractivity contribution in [2.75, 3.05) is 19.2 Å². The van der Waals surface area contributed by atoms with Gasteiger partial charge in [-0.1, -0.05) is 17.7 Å². The van der Waals surface area contributed by atoms with Crippen LogP contribution in [0.3, 0.4) is 0 Å². The van der Waals surface area contributed by atoms with Crippen LogP contribution in [0.25, 0.3) is 27.8 Å². The van der Waals surface area contributed by atoms with Crippen LogP contribution in [0.5, 0.6) is 17.2 Å². The standard InChI is InChI=1S/C25H19ClN4O4/c1-32-17-4-5-19-15(9-17)10-18(25(31)28-19)23-24(30-12-16(26)3-7-22(30)29-23)27-11-14-2-6-20-21(8-14)34-13-33-20/h2-10,12,27H,11,13H2,1H3,(H,28,31). The Kier molecular flexibility index (Phi) is 4.81. The fourth-order valence-electron chi connectivity index (χ4n) is 4.10. The first-order chi connectivity index (χ1) is 16.6. The Hall–Kier alpha value is -4.17. The highest BCUT2D eigenvalue weighted by Gasteiger charge is 2.19. The molecule has 5 aromatic rings. The van der Waals surface area contributed by atoms with Gasteiger partial charge < -0.3 is 24.5 Å². The summed E-state index contributed by atoms with van der Waals surface area (Å²) in [7, 11) is 1.61. The van der Waals surface area contributed by atoms with Crippen LogP contribution in [0, 0.1) is 0 Å². The Balaban J connectivity index is 1.46. The number of benzene rings is 2. The molecule has 0 amide bonds. The van der Waals surface area contributed by atoms with Crippen LogP contribution in [0.2, 0.25) is 5.02 Å². The van der Waals surface area contributed by atoms with Gasteiger partial charge in [0.25, 0.3) is 5.56 Å². The summed E-state index contributed by atoms with van der Waals surface area (Å²) < 4.78 is 18.1. The number of aromatic amines is 1. The number of imidazole rings is 1. The second kappa shape index (κ2) is 8.00. The van der Waals surface area contributed by atoms with Crippen LogP contribution in [-0.2, 0) is 6.54 Å². The number of pyridine rings is 2. The van der Waals surface area contributed by atoms with Crippen molar-refractivity contribution in [1.82, 2.24) is 14.4 Å². The second-order valence-electron chi connectivity index (χ2n) is 7.89. The van der Waals surface area contributed by atoms with Gasteiger partial charge in [-0.15, -0.1) is 0 Å². The summed E-state index contributed by atoms with van der Waals surface area (Å²) in [5.41, 5.74) is 3.10. The zero-order valence-corrected chi connectivity index (χ0v) is 18.8. The van der Waals surface area contributed by atoms with Gasteiger partial charge in [0, 0.05) is 23.6 Å². The molecular formula is C25H19ClN4O4. The molecule has 0 unspecified atom stereocenters. The minimum Gasteiger partial charge on any atom is -0.497 e. The van der Waals surface area contributed by atoms with Crippen molar-refractivity contribution in [3.8, 4) is 28.5 Å². The average Bonchev–Trinajstić information content (AvgIpc) is 3.45. The topological polar surface area (TPSA) is 89.9 Å². The molecule has 0 saturated carbocycles. The number of H-pyrrole nitrogens is 1. The zero-order valence-electron chi connectivity index (χ0n) is 18.1. The number of methoxy groups -OCH3 is 1. The molecular weight excluding hydrogens is 456 g/mol. The number of rotatable bonds is 5. The van der Waals surface area contributed by atoms with Gasteiger partial charge in [0.1, 0.15) is 22.9 Å². The molecule has 2 aromatic carbocycles. The van der Waals surface area contributed by atoms with E-state index in [-0.39, 0.29) is 12.4 Å². The van der Waals surface area contributed by atoms with Gasteiger partial charge in [0.2, 0.25) is 6.79 Å². The van der Waals surface area contributed by atoms with Gasteiger partial charge in [-0.05, 0) is 54.1 Å². The van der Waals surface area contributed by atoms with E-state index in [1.54, 1.807) is 19.4 Å². The Labute approximate surface area is 198 Å². The van der Waals surface area contributed by atoms with E-state index >= 15 is 0 Å². The first-order valence-electron chi connectivity index (χ1n) is 10.6. The molecule has 6 rings (SSSR count). The fraction of sp³-hybridized carbons (Fsp3) is 0.120. The normalized spacial score (nSPS) is 12.4. The van der Waals surface area contributed by atoms with Gasteiger partial charge >= 0.3 is 0 Å². The number of ether oxygens (including phenoxy) is 3. The highest BCUT2D eigenvalue weighted by Crippen LogP contribution is 2.34. The number of nitrogens with zero attached hydrogens (tertiary/aromatic N) is 2. The molecule has 0 spiro atoms. The van der Waals surface area contributed by atoms with Crippen molar-refractivity contribution in [3.05, 3.63) is 81.7 Å². The SMILES string of the molecule is COc1ccc2[nH]c(=O)c(-c3nc4ccc(Cl)cn4c3NCc3ccc4c(c3)OCO4)cc2c1. The highest BCUT2D eigenvalue weighted by molar-refractivity contribution is 6.30. The first kappa shape index (κ1) is 20.4. The van der Waals surface area contributed by atoms with Gasteiger partial charge in [-0.25, -0.2) is 4.98 Å². The van der Waals surface area contributed by atoms with Crippen LogP contribution in [0.1, 0.15) is 5.56 Å². The molecule has 1 aliphatic rings. The largest absolute Gasteiger partial charge is 0.497 e. The molecule has 170 valence electrons. The Morgan fingerprint density at radius 3 is 2.88 bits per heavy atom. The van der Waals surface area contributed by atoms with Gasteiger partial charge in [0.15, 0.2) is 11.5 Å². The lowest BCUT2D eigenvalue weighted by Gasteiger charge is -2.10. The second-order valence-corrected chi connectivity index (χ2v) is 8.33. The van der Waals surface area contributed by atoms with Crippen molar-refractivity contribution in [3.63, 3.8) is 0 Å². The zero-order chi connectivity index (χ0) is 23.2. The molecule has 9 heteroatoms. The van der Waals surface area contributed by atoms with E-state index in [0.717, 1.165) is 22.2 Å². The molecule has 2 N–H and O–H groups in total. The summed E-state index contributed by atoms with van der Waals surface area (Å²) in [6.45, 7) is 0.695. The van der Waals surface area contributed by atoms with Crippen LogP contribution in [0.15, 0.2) is 65.6 Å². The maximum Gasteiger partial charge on any atom is 0.258 e. The molecule has 4 heterocycles. The van der Waals surface area contributed by atoms with E-state index in [1.807, 2.05) is 52.9 Å². The van der Waals surface area contributed by atoms with Crippen molar-refractivity contribution >= 4 is 34.0 Å². The highest BCUT2D eigenvalue weighted by atomic mass is 35.5. The number of aromatic nitrogens is 3. The summed E-state index contributed by atoms with van der Waals surface area (Å²) in [6, 6.07) is 16.7. The average molecular weight is 475 g/mol. The minimum atomic E-state index is -0.238. The van der Waals surface area contributed by atoms with Crippen molar-refractivity contribution in [2.24, 2.45) is 0 Å². The van der Waals surface area contributed by atoms with E-state index in [4.69, 9.17) is 30.8 Å². The van der Waals surface area contributed by atoms with E-state index in [1.165, 1.54) is 0 Å². The van der Waals surface area contributed by atoms with E-state index < -0.39 is 0 Å². The molecule has 0 fully saturated rings. The lowest BCUT2D eigenvalue weighted by molar-refractivity contribution is 0.174. The third-order valence-corrected chi connectivity index (χ3v) is 6.01. The number of hydrogen-bond donors (Lipinski definition) is 2. The van der Waals surface area contributed by atoms with Gasteiger partial charge in [-0.2, -0.15) is 0 Å². The number of nitrogens with one attached hydrogen (secondary N) is 2. The number of anilines is 1. The van der Waals surface area contributed by atoms with Crippen molar-refractivity contribution in [1.29, 1.82) is 0 Å². The molecule has 0 atom stereocenters. The molecule has 34 heavy (non-hydrogen) atoms. The molecule has 0 saturated heterocycles. The molecule has 8 nitrogen and oxygen atoms in total. The summed E-state index contributed by atoms with van der Waals surface area (Å²) in [4.78, 5) is 20.8. The number of fused-ring (bicyclic) bond motifs is 3. The smallest absolute Gasteiger partial charge is 0.258 e. The lowest BCUT2D eigenvalue weighted by Crippen LogP contribution is -2.11. The quantitative estimate of drug-likeness (QED) is 0.378. The molecule has 1 aliphatic heterocycles. The monoisotopic (exact) mass is 474 g/mol. The summed E-state index contributed by atoms with van der Waals surface area (Å²) >= 11 is 6.28. The third-order valence-electron chi connectivity index (χ3n) is 5.79. The first-order valence-corrected chi connectivity index (χ1v) is 11.0. The van der Waals surface area contributed by atoms with E-state index in [2.05, 4.69) is 10.3 Å². The Morgan fingerprint density at radius 2 is 2.00 bits per heavy atom. The number of hydrogen-bond acceptors (Lipinski definition) is 6. The van der Waals surface area contributed by atoms with E-state index in [0.29, 0.717) is 45.8 Å². The fourth-order valence-corrected chi connectivity index (χ4v) is 4.26. The molecule has 0 radical (unpaired) electrons.